The van der Waals surface area contributed by atoms with Crippen LogP contribution in [-0.2, 0) is 14.8 Å². The number of aromatic amines is 1. The summed E-state index contributed by atoms with van der Waals surface area (Å²) in [5.74, 6) is -0.0427. The fraction of sp³-hybridized carbons (Fsp3) is 0.304. The minimum Gasteiger partial charge on any atom is -0.453 e. The zero-order valence-corrected chi connectivity index (χ0v) is 22.5. The third kappa shape index (κ3) is 6.83. The zero-order chi connectivity index (χ0) is 26.3. The highest BCUT2D eigenvalue weighted by Gasteiger charge is 2.27. The van der Waals surface area contributed by atoms with E-state index in [9.17, 15) is 22.7 Å². The third-order valence-electron chi connectivity index (χ3n) is 5.23. The number of hydrogen-bond donors (Lipinski definition) is 3. The number of carbonyl (C=O) groups excluding carboxylic acids is 1. The number of aromatic nitrogens is 2. The molecule has 0 aliphatic heterocycles. The van der Waals surface area contributed by atoms with E-state index in [0.717, 1.165) is 0 Å². The van der Waals surface area contributed by atoms with Gasteiger partial charge in [0, 0.05) is 37.4 Å². The van der Waals surface area contributed by atoms with E-state index in [2.05, 4.69) is 36.0 Å². The van der Waals surface area contributed by atoms with Gasteiger partial charge in [-0.25, -0.2) is 22.6 Å². The maximum absolute atomic E-state index is 13.9. The molecule has 0 atom stereocenters. The Balaban J connectivity index is 1.87. The van der Waals surface area contributed by atoms with E-state index in [1.807, 2.05) is 0 Å². The highest BCUT2D eigenvalue weighted by atomic mass is 79.9. The van der Waals surface area contributed by atoms with Gasteiger partial charge in [-0.2, -0.15) is 4.31 Å². The molecule has 0 radical (unpaired) electrons. The molecule has 0 bridgehead atoms. The van der Waals surface area contributed by atoms with Crippen LogP contribution < -0.4 is 5.32 Å². The molecule has 194 valence electrons. The van der Waals surface area contributed by atoms with Crippen molar-refractivity contribution in [1.82, 2.24) is 19.6 Å². The zero-order valence-electron chi connectivity index (χ0n) is 19.3. The van der Waals surface area contributed by atoms with Gasteiger partial charge in [-0.15, -0.1) is 0 Å². The lowest BCUT2D eigenvalue weighted by Crippen LogP contribution is -2.35. The molecule has 1 amide bonds. The Bertz CT molecular complexity index is 1320. The van der Waals surface area contributed by atoms with Crippen LogP contribution in [0.2, 0.25) is 5.02 Å². The number of aliphatic hydroxyl groups excluding tert-OH is 1. The summed E-state index contributed by atoms with van der Waals surface area (Å²) in [4.78, 5) is 18.5. The average Bonchev–Trinajstić information content (AvgIpc) is 3.35. The number of carbonyl (C=O) groups is 1. The van der Waals surface area contributed by atoms with Crippen molar-refractivity contribution in [2.24, 2.45) is 0 Å². The Hall–Kier alpha value is -2.51. The van der Waals surface area contributed by atoms with Gasteiger partial charge in [0.25, 0.3) is 0 Å². The molecular weight excluding hydrogens is 579 g/mol. The molecule has 1 aromatic heterocycles. The Morgan fingerprint density at radius 2 is 1.94 bits per heavy atom. The van der Waals surface area contributed by atoms with Crippen molar-refractivity contribution in [3.8, 4) is 22.6 Å². The first-order valence-corrected chi connectivity index (χ1v) is 13.5. The molecule has 0 saturated carbocycles. The molecule has 0 aliphatic rings. The summed E-state index contributed by atoms with van der Waals surface area (Å²) in [7, 11) is -2.81. The number of imidazole rings is 1. The number of benzene rings is 2. The number of methoxy groups -OCH3 is 1. The predicted octanol–water partition coefficient (Wildman–Crippen LogP) is 4.42. The average molecular weight is 604 g/mol. The number of H-pyrrole nitrogens is 1. The third-order valence-corrected chi connectivity index (χ3v) is 8.26. The standard InChI is InChI=1S/C23H25BrClFN4O5S/c1-35-23(32)27-8-2-9-30(10-3-11-31)36(33,34)21-13-16(5-7-18(21)25)22-28-14-20(29-22)15-4-6-17(24)19(26)12-15/h4-7,12-14,31H,2-3,8-11H2,1H3,(H,27,32)(H,28,29). The van der Waals surface area contributed by atoms with Crippen molar-refractivity contribution in [3.05, 3.63) is 57.9 Å². The molecule has 0 aliphatic carbocycles. The molecule has 2 aromatic carbocycles. The van der Waals surface area contributed by atoms with Crippen LogP contribution in [0.1, 0.15) is 12.8 Å². The summed E-state index contributed by atoms with van der Waals surface area (Å²) in [5.41, 5.74) is 1.60. The van der Waals surface area contributed by atoms with Gasteiger partial charge < -0.3 is 20.1 Å². The molecule has 0 fully saturated rings. The topological polar surface area (TPSA) is 125 Å². The van der Waals surface area contributed by atoms with Crippen LogP contribution in [0.4, 0.5) is 9.18 Å². The van der Waals surface area contributed by atoms with E-state index in [-0.39, 0.29) is 42.6 Å². The lowest BCUT2D eigenvalue weighted by atomic mass is 10.2. The van der Waals surface area contributed by atoms with Crippen molar-refractivity contribution < 1.29 is 27.4 Å². The summed E-state index contributed by atoms with van der Waals surface area (Å²) in [6.45, 7) is 0.175. The minimum atomic E-state index is -4.05. The SMILES string of the molecule is COC(=O)NCCCN(CCCO)S(=O)(=O)c1cc(-c2ncc(-c3ccc(Br)c(F)c3)[nH]2)ccc1Cl. The van der Waals surface area contributed by atoms with Gasteiger partial charge >= 0.3 is 6.09 Å². The number of nitrogens with one attached hydrogen (secondary N) is 2. The monoisotopic (exact) mass is 602 g/mol. The number of ether oxygens (including phenoxy) is 1. The molecular formula is C23H25BrClFN4O5S. The van der Waals surface area contributed by atoms with Crippen LogP contribution >= 0.6 is 27.5 Å². The number of rotatable bonds is 11. The molecule has 36 heavy (non-hydrogen) atoms. The summed E-state index contributed by atoms with van der Waals surface area (Å²) >= 11 is 9.42. The Labute approximate surface area is 221 Å². The first-order chi connectivity index (χ1) is 17.2. The summed E-state index contributed by atoms with van der Waals surface area (Å²) in [6.07, 6.45) is 1.47. The highest BCUT2D eigenvalue weighted by molar-refractivity contribution is 9.10. The van der Waals surface area contributed by atoms with Gasteiger partial charge in [-0.05, 0) is 59.1 Å². The van der Waals surface area contributed by atoms with Crippen LogP contribution in [-0.4, -0.2) is 67.2 Å². The maximum atomic E-state index is 13.9. The maximum Gasteiger partial charge on any atom is 0.406 e. The Morgan fingerprint density at radius 1 is 1.22 bits per heavy atom. The second kappa shape index (κ2) is 12.6. The highest BCUT2D eigenvalue weighted by Crippen LogP contribution is 2.31. The number of nitrogens with zero attached hydrogens (tertiary/aromatic N) is 2. The van der Waals surface area contributed by atoms with Crippen LogP contribution in [0.25, 0.3) is 22.6 Å². The van der Waals surface area contributed by atoms with E-state index < -0.39 is 21.9 Å². The van der Waals surface area contributed by atoms with Crippen molar-refractivity contribution in [3.63, 3.8) is 0 Å². The second-order valence-electron chi connectivity index (χ2n) is 7.67. The molecule has 1 heterocycles. The van der Waals surface area contributed by atoms with Gasteiger partial charge in [0.15, 0.2) is 0 Å². The summed E-state index contributed by atoms with van der Waals surface area (Å²) in [5, 5.41) is 11.8. The molecule has 3 aromatic rings. The molecule has 0 spiro atoms. The molecule has 9 nitrogen and oxygen atoms in total. The lowest BCUT2D eigenvalue weighted by Gasteiger charge is -2.23. The van der Waals surface area contributed by atoms with Crippen LogP contribution in [0, 0.1) is 5.82 Å². The van der Waals surface area contributed by atoms with Gasteiger partial charge in [-0.3, -0.25) is 0 Å². The first-order valence-electron chi connectivity index (χ1n) is 10.9. The Morgan fingerprint density at radius 3 is 2.64 bits per heavy atom. The van der Waals surface area contributed by atoms with Crippen LogP contribution in [0.3, 0.4) is 0 Å². The number of alkyl carbamates (subject to hydrolysis) is 1. The number of hydrogen-bond acceptors (Lipinski definition) is 6. The van der Waals surface area contributed by atoms with Crippen molar-refractivity contribution in [2.45, 2.75) is 17.7 Å². The van der Waals surface area contributed by atoms with Crippen LogP contribution in [0.15, 0.2) is 52.0 Å². The first kappa shape index (κ1) is 28.1. The second-order valence-corrected chi connectivity index (χ2v) is 10.8. The number of sulfonamides is 1. The van der Waals surface area contributed by atoms with Gasteiger partial charge in [0.1, 0.15) is 16.5 Å². The number of halogens is 3. The smallest absolute Gasteiger partial charge is 0.406 e. The number of amides is 1. The fourth-order valence-corrected chi connectivity index (χ4v) is 5.65. The van der Waals surface area contributed by atoms with E-state index in [4.69, 9.17) is 11.6 Å². The van der Waals surface area contributed by atoms with E-state index in [1.165, 1.54) is 35.8 Å². The van der Waals surface area contributed by atoms with E-state index >= 15 is 0 Å². The van der Waals surface area contributed by atoms with Crippen molar-refractivity contribution >= 4 is 43.6 Å². The van der Waals surface area contributed by atoms with Gasteiger partial charge in [0.05, 0.1) is 28.5 Å². The Kier molecular flexibility index (Phi) is 9.85. The van der Waals surface area contributed by atoms with Crippen LogP contribution in [0.5, 0.6) is 0 Å². The minimum absolute atomic E-state index is 0.0298. The molecule has 3 N–H and O–H groups in total. The van der Waals surface area contributed by atoms with E-state index in [1.54, 1.807) is 18.2 Å². The molecule has 0 saturated heterocycles. The fourth-order valence-electron chi connectivity index (χ4n) is 3.38. The van der Waals surface area contributed by atoms with E-state index in [0.29, 0.717) is 33.5 Å². The summed E-state index contributed by atoms with van der Waals surface area (Å²) in [6, 6.07) is 9.17. The lowest BCUT2D eigenvalue weighted by molar-refractivity contribution is 0.170. The van der Waals surface area contributed by atoms with Crippen molar-refractivity contribution in [2.75, 3.05) is 33.4 Å². The largest absolute Gasteiger partial charge is 0.453 e. The summed E-state index contributed by atoms with van der Waals surface area (Å²) < 4.78 is 47.0. The normalized spacial score (nSPS) is 11.6. The van der Waals surface area contributed by atoms with Gasteiger partial charge in [-0.1, -0.05) is 17.7 Å². The molecule has 3 rings (SSSR count). The molecule has 13 heteroatoms. The molecule has 0 unspecified atom stereocenters. The van der Waals surface area contributed by atoms with Crippen molar-refractivity contribution in [1.29, 1.82) is 0 Å². The predicted molar refractivity (Wildman–Crippen MR) is 138 cm³/mol. The number of aliphatic hydroxyl groups is 1. The quantitative estimate of drug-likeness (QED) is 0.279. The van der Waals surface area contributed by atoms with Gasteiger partial charge in [0.2, 0.25) is 10.0 Å².